The number of thioether (sulfide) groups is 1. The minimum Gasteiger partial charge on any atom is -0.482 e. The number of hydrogen-bond donors (Lipinski definition) is 1. The van der Waals surface area contributed by atoms with Crippen molar-refractivity contribution in [1.82, 2.24) is 0 Å². The second kappa shape index (κ2) is 8.37. The molecule has 7 heteroatoms. The topological polar surface area (TPSA) is 66.8 Å². The first-order valence-electron chi connectivity index (χ1n) is 8.29. The third-order valence-electron chi connectivity index (χ3n) is 3.91. The normalized spacial score (nSPS) is 15.4. The molecule has 0 unspecified atom stereocenters. The third-order valence-corrected chi connectivity index (χ3v) is 5.22. The Morgan fingerprint density at radius 3 is 2.67 bits per heavy atom. The van der Waals surface area contributed by atoms with Crippen molar-refractivity contribution in [3.63, 3.8) is 0 Å². The van der Waals surface area contributed by atoms with E-state index in [1.165, 1.54) is 22.2 Å². The number of nitrogens with zero attached hydrogens (tertiary/aromatic N) is 1. The minimum atomic E-state index is -1.05. The molecule has 1 aliphatic heterocycles. The Bertz CT molecular complexity index is 922. The summed E-state index contributed by atoms with van der Waals surface area (Å²) in [6.07, 6.45) is 2.66. The highest BCUT2D eigenvalue weighted by Gasteiger charge is 2.33. The standard InChI is InChI=1S/C20H17NO4S2/c1-2-13-6-8-15(9-7-13)21-19(24)17(27-20(21)26)11-14-4-3-5-16(10-14)25-12-18(22)23/h3-11H,2,12H2,1H3,(H,22,23). The van der Waals surface area contributed by atoms with Crippen molar-refractivity contribution in [2.24, 2.45) is 0 Å². The summed E-state index contributed by atoms with van der Waals surface area (Å²) in [4.78, 5) is 25.5. The first-order valence-corrected chi connectivity index (χ1v) is 9.52. The molecule has 1 amide bonds. The molecular formula is C20H17NO4S2. The van der Waals surface area contributed by atoms with Crippen LogP contribution in [0.4, 0.5) is 5.69 Å². The van der Waals surface area contributed by atoms with E-state index in [9.17, 15) is 9.59 Å². The van der Waals surface area contributed by atoms with Crippen LogP contribution in [0.3, 0.4) is 0 Å². The molecule has 0 atom stereocenters. The molecule has 1 heterocycles. The van der Waals surface area contributed by atoms with Crippen LogP contribution in [-0.2, 0) is 16.0 Å². The van der Waals surface area contributed by atoms with Gasteiger partial charge in [-0.3, -0.25) is 9.69 Å². The van der Waals surface area contributed by atoms with Crippen LogP contribution in [-0.4, -0.2) is 27.9 Å². The van der Waals surface area contributed by atoms with E-state index in [-0.39, 0.29) is 5.91 Å². The fraction of sp³-hybridized carbons (Fsp3) is 0.150. The third kappa shape index (κ3) is 4.56. The number of hydrogen-bond acceptors (Lipinski definition) is 5. The summed E-state index contributed by atoms with van der Waals surface area (Å²) in [5.74, 6) is -0.793. The van der Waals surface area contributed by atoms with Gasteiger partial charge in [-0.05, 0) is 47.9 Å². The molecule has 2 aromatic carbocycles. The predicted octanol–water partition coefficient (Wildman–Crippen LogP) is 4.12. The van der Waals surface area contributed by atoms with E-state index in [1.54, 1.807) is 24.3 Å². The predicted molar refractivity (Wildman–Crippen MR) is 111 cm³/mol. The molecule has 1 fully saturated rings. The van der Waals surface area contributed by atoms with E-state index >= 15 is 0 Å². The number of benzene rings is 2. The lowest BCUT2D eigenvalue weighted by molar-refractivity contribution is -0.139. The second-order valence-electron chi connectivity index (χ2n) is 5.79. The largest absolute Gasteiger partial charge is 0.482 e. The van der Waals surface area contributed by atoms with Gasteiger partial charge in [0.2, 0.25) is 0 Å². The van der Waals surface area contributed by atoms with Crippen molar-refractivity contribution < 1.29 is 19.4 Å². The van der Waals surface area contributed by atoms with E-state index in [2.05, 4.69) is 6.92 Å². The Kier molecular flexibility index (Phi) is 5.93. The SMILES string of the molecule is CCc1ccc(N2C(=O)C(=Cc3cccc(OCC(=O)O)c3)SC2=S)cc1. The molecule has 0 bridgehead atoms. The average Bonchev–Trinajstić information content (AvgIpc) is 2.94. The van der Waals surface area contributed by atoms with Gasteiger partial charge in [0.25, 0.3) is 5.91 Å². The number of rotatable bonds is 6. The van der Waals surface area contributed by atoms with Crippen molar-refractivity contribution >= 4 is 51.9 Å². The number of carboxylic acids is 1. The Hall–Kier alpha value is -2.64. The Balaban J connectivity index is 1.81. The van der Waals surface area contributed by atoms with Crippen LogP contribution in [0.5, 0.6) is 5.75 Å². The molecule has 1 N–H and O–H groups in total. The number of thiocarbonyl (C=S) groups is 1. The van der Waals surface area contributed by atoms with Crippen molar-refractivity contribution in [3.05, 3.63) is 64.6 Å². The van der Waals surface area contributed by atoms with E-state index in [0.29, 0.717) is 15.0 Å². The van der Waals surface area contributed by atoms with Gasteiger partial charge < -0.3 is 9.84 Å². The van der Waals surface area contributed by atoms with Crippen LogP contribution in [0.1, 0.15) is 18.1 Å². The van der Waals surface area contributed by atoms with E-state index < -0.39 is 12.6 Å². The maximum absolute atomic E-state index is 12.8. The highest BCUT2D eigenvalue weighted by atomic mass is 32.2. The molecule has 0 aliphatic carbocycles. The first kappa shape index (κ1) is 19.1. The molecule has 138 valence electrons. The quantitative estimate of drug-likeness (QED) is 0.582. The first-order chi connectivity index (χ1) is 13.0. The lowest BCUT2D eigenvalue weighted by atomic mass is 10.1. The summed E-state index contributed by atoms with van der Waals surface area (Å²) in [6.45, 7) is 1.66. The van der Waals surface area contributed by atoms with Crippen LogP contribution in [0.2, 0.25) is 0 Å². The maximum atomic E-state index is 12.8. The minimum absolute atomic E-state index is 0.175. The average molecular weight is 399 g/mol. The highest BCUT2D eigenvalue weighted by molar-refractivity contribution is 8.27. The van der Waals surface area contributed by atoms with E-state index in [0.717, 1.165) is 17.7 Å². The maximum Gasteiger partial charge on any atom is 0.341 e. The smallest absolute Gasteiger partial charge is 0.341 e. The monoisotopic (exact) mass is 399 g/mol. The fourth-order valence-corrected chi connectivity index (χ4v) is 3.86. The molecule has 5 nitrogen and oxygen atoms in total. The van der Waals surface area contributed by atoms with Crippen LogP contribution in [0, 0.1) is 0 Å². The van der Waals surface area contributed by atoms with Crippen molar-refractivity contribution in [2.45, 2.75) is 13.3 Å². The zero-order valence-electron chi connectivity index (χ0n) is 14.5. The molecule has 1 aliphatic rings. The van der Waals surface area contributed by atoms with Crippen LogP contribution < -0.4 is 9.64 Å². The summed E-state index contributed by atoms with van der Waals surface area (Å²) in [6, 6.07) is 14.7. The summed E-state index contributed by atoms with van der Waals surface area (Å²) in [7, 11) is 0. The molecule has 0 spiro atoms. The molecule has 2 aromatic rings. The van der Waals surface area contributed by atoms with Gasteiger partial charge in [0.15, 0.2) is 10.9 Å². The summed E-state index contributed by atoms with van der Waals surface area (Å²) >= 11 is 6.63. The lowest BCUT2D eigenvalue weighted by Crippen LogP contribution is -2.27. The van der Waals surface area contributed by atoms with Gasteiger partial charge in [0.05, 0.1) is 10.6 Å². The van der Waals surface area contributed by atoms with Gasteiger partial charge in [0, 0.05) is 0 Å². The number of amides is 1. The summed E-state index contributed by atoms with van der Waals surface area (Å²) in [5.41, 5.74) is 2.68. The van der Waals surface area contributed by atoms with E-state index in [1.807, 2.05) is 30.3 Å². The second-order valence-corrected chi connectivity index (χ2v) is 7.47. The zero-order valence-corrected chi connectivity index (χ0v) is 16.2. The van der Waals surface area contributed by atoms with Gasteiger partial charge >= 0.3 is 5.97 Å². The van der Waals surface area contributed by atoms with Crippen LogP contribution >= 0.6 is 24.0 Å². The molecule has 27 heavy (non-hydrogen) atoms. The Morgan fingerprint density at radius 1 is 1.26 bits per heavy atom. The number of carbonyl (C=O) groups excluding carboxylic acids is 1. The van der Waals surface area contributed by atoms with Gasteiger partial charge in [0.1, 0.15) is 5.75 Å². The molecular weight excluding hydrogens is 382 g/mol. The van der Waals surface area contributed by atoms with Gasteiger partial charge in [-0.1, -0.05) is 55.2 Å². The van der Waals surface area contributed by atoms with Crippen molar-refractivity contribution in [2.75, 3.05) is 11.5 Å². The summed E-state index contributed by atoms with van der Waals surface area (Å²) in [5, 5.41) is 8.70. The zero-order chi connectivity index (χ0) is 19.4. The van der Waals surface area contributed by atoms with Crippen molar-refractivity contribution in [3.8, 4) is 5.75 Å². The van der Waals surface area contributed by atoms with Crippen LogP contribution in [0.15, 0.2) is 53.4 Å². The number of carboxylic acid groups (broad SMARTS) is 1. The molecule has 0 aromatic heterocycles. The van der Waals surface area contributed by atoms with Crippen LogP contribution in [0.25, 0.3) is 6.08 Å². The van der Waals surface area contributed by atoms with Gasteiger partial charge in [-0.25, -0.2) is 4.79 Å². The highest BCUT2D eigenvalue weighted by Crippen LogP contribution is 2.36. The fourth-order valence-electron chi connectivity index (χ4n) is 2.56. The number of aliphatic carboxylic acids is 1. The lowest BCUT2D eigenvalue weighted by Gasteiger charge is -2.14. The van der Waals surface area contributed by atoms with Gasteiger partial charge in [-0.2, -0.15) is 0 Å². The molecule has 0 radical (unpaired) electrons. The van der Waals surface area contributed by atoms with E-state index in [4.69, 9.17) is 22.1 Å². The number of anilines is 1. The Labute approximate surface area is 166 Å². The number of aryl methyl sites for hydroxylation is 1. The van der Waals surface area contributed by atoms with Crippen molar-refractivity contribution in [1.29, 1.82) is 0 Å². The number of ether oxygens (including phenoxy) is 1. The number of carbonyl (C=O) groups is 2. The van der Waals surface area contributed by atoms with Gasteiger partial charge in [-0.15, -0.1) is 0 Å². The summed E-state index contributed by atoms with van der Waals surface area (Å²) < 4.78 is 5.66. The molecule has 0 saturated carbocycles. The Morgan fingerprint density at radius 2 is 2.00 bits per heavy atom. The molecule has 1 saturated heterocycles. The molecule has 3 rings (SSSR count).